The Kier molecular flexibility index (Phi) is 5.26. The molecule has 0 spiro atoms. The fourth-order valence-corrected chi connectivity index (χ4v) is 3.79. The minimum atomic E-state index is 0.329. The summed E-state index contributed by atoms with van der Waals surface area (Å²) in [4.78, 5) is 2.60. The second kappa shape index (κ2) is 7.20. The summed E-state index contributed by atoms with van der Waals surface area (Å²) in [5.41, 5.74) is 1.33. The lowest BCUT2D eigenvalue weighted by molar-refractivity contribution is 0.158. The first kappa shape index (κ1) is 16.1. The topological polar surface area (TPSA) is 33.7 Å². The number of piperazine rings is 1. The molecule has 0 saturated carbocycles. The SMILES string of the molecule is CC(C)CC[C@@H](c1cc2c(cc1Br)OCO2)N1CCNCC1. The molecule has 0 unspecified atom stereocenters. The molecule has 4 nitrogen and oxygen atoms in total. The molecule has 2 aliphatic rings. The van der Waals surface area contributed by atoms with Crippen molar-refractivity contribution in [1.82, 2.24) is 10.2 Å². The van der Waals surface area contributed by atoms with Crippen LogP contribution >= 0.6 is 15.9 Å². The zero-order valence-corrected chi connectivity index (χ0v) is 15.0. The number of benzene rings is 1. The minimum absolute atomic E-state index is 0.329. The Hall–Kier alpha value is -0.780. The van der Waals surface area contributed by atoms with Crippen LogP contribution in [-0.4, -0.2) is 37.9 Å². The molecule has 2 heterocycles. The van der Waals surface area contributed by atoms with E-state index in [4.69, 9.17) is 9.47 Å². The summed E-state index contributed by atoms with van der Waals surface area (Å²) in [6.45, 7) is 9.26. The molecule has 22 heavy (non-hydrogen) atoms. The molecule has 2 aliphatic heterocycles. The van der Waals surface area contributed by atoms with Crippen molar-refractivity contribution in [2.75, 3.05) is 33.0 Å². The van der Waals surface area contributed by atoms with Gasteiger partial charge in [0.15, 0.2) is 11.5 Å². The molecule has 0 amide bonds. The standard InChI is InChI=1S/C17H25BrN2O2/c1-12(2)3-4-15(20-7-5-19-6-8-20)13-9-16-17(10-14(13)18)22-11-21-16/h9-10,12,15,19H,3-8,11H2,1-2H3/t15-/m0/s1. The van der Waals surface area contributed by atoms with Crippen LogP contribution in [0.4, 0.5) is 0 Å². The van der Waals surface area contributed by atoms with Crippen LogP contribution in [0.3, 0.4) is 0 Å². The van der Waals surface area contributed by atoms with Crippen LogP contribution in [0.2, 0.25) is 0 Å². The molecule has 1 aromatic carbocycles. The summed E-state index contributed by atoms with van der Waals surface area (Å²) >= 11 is 3.75. The van der Waals surface area contributed by atoms with E-state index in [1.165, 1.54) is 18.4 Å². The fourth-order valence-electron chi connectivity index (χ4n) is 3.21. The molecule has 1 saturated heterocycles. The number of rotatable bonds is 5. The molecule has 1 N–H and O–H groups in total. The Bertz CT molecular complexity index is 516. The predicted molar refractivity (Wildman–Crippen MR) is 91.5 cm³/mol. The second-order valence-corrected chi connectivity index (χ2v) is 7.35. The van der Waals surface area contributed by atoms with Crippen LogP contribution in [-0.2, 0) is 0 Å². The normalized spacial score (nSPS) is 19.6. The van der Waals surface area contributed by atoms with E-state index in [-0.39, 0.29) is 0 Å². The number of nitrogens with zero attached hydrogens (tertiary/aromatic N) is 1. The number of ether oxygens (including phenoxy) is 2. The third-order valence-electron chi connectivity index (χ3n) is 4.46. The van der Waals surface area contributed by atoms with E-state index in [0.717, 1.165) is 48.1 Å². The molecule has 122 valence electrons. The monoisotopic (exact) mass is 368 g/mol. The molecule has 5 heteroatoms. The van der Waals surface area contributed by atoms with Gasteiger partial charge in [-0.3, -0.25) is 4.90 Å². The average molecular weight is 369 g/mol. The van der Waals surface area contributed by atoms with Gasteiger partial charge in [0.25, 0.3) is 0 Å². The quantitative estimate of drug-likeness (QED) is 0.861. The van der Waals surface area contributed by atoms with Crippen LogP contribution in [0.1, 0.15) is 38.3 Å². The van der Waals surface area contributed by atoms with E-state index >= 15 is 0 Å². The number of fused-ring (bicyclic) bond motifs is 1. The highest BCUT2D eigenvalue weighted by molar-refractivity contribution is 9.10. The van der Waals surface area contributed by atoms with Crippen LogP contribution in [0, 0.1) is 5.92 Å². The molecule has 0 radical (unpaired) electrons. The molecule has 1 atom stereocenters. The van der Waals surface area contributed by atoms with Crippen LogP contribution < -0.4 is 14.8 Å². The molecule has 0 bridgehead atoms. The lowest BCUT2D eigenvalue weighted by Gasteiger charge is -2.36. The maximum absolute atomic E-state index is 5.58. The van der Waals surface area contributed by atoms with Gasteiger partial charge in [-0.1, -0.05) is 29.8 Å². The van der Waals surface area contributed by atoms with Gasteiger partial charge in [-0.2, -0.15) is 0 Å². The van der Waals surface area contributed by atoms with Crippen molar-refractivity contribution in [3.63, 3.8) is 0 Å². The van der Waals surface area contributed by atoms with Crippen molar-refractivity contribution >= 4 is 15.9 Å². The molecule has 1 aromatic rings. The van der Waals surface area contributed by atoms with E-state index in [2.05, 4.69) is 52.1 Å². The molecular weight excluding hydrogens is 344 g/mol. The summed E-state index contributed by atoms with van der Waals surface area (Å²) in [7, 11) is 0. The zero-order chi connectivity index (χ0) is 15.5. The van der Waals surface area contributed by atoms with Crippen molar-refractivity contribution in [3.05, 3.63) is 22.2 Å². The molecule has 0 aliphatic carbocycles. The molecule has 3 rings (SSSR count). The van der Waals surface area contributed by atoms with E-state index in [0.29, 0.717) is 12.8 Å². The smallest absolute Gasteiger partial charge is 0.231 e. The van der Waals surface area contributed by atoms with Gasteiger partial charge in [-0.05, 0) is 36.5 Å². The van der Waals surface area contributed by atoms with Crippen molar-refractivity contribution in [1.29, 1.82) is 0 Å². The number of hydrogen-bond donors (Lipinski definition) is 1. The maximum Gasteiger partial charge on any atom is 0.231 e. The van der Waals surface area contributed by atoms with Crippen molar-refractivity contribution in [3.8, 4) is 11.5 Å². The number of halogens is 1. The van der Waals surface area contributed by atoms with Crippen LogP contribution in [0.15, 0.2) is 16.6 Å². The van der Waals surface area contributed by atoms with Crippen LogP contribution in [0.25, 0.3) is 0 Å². The Morgan fingerprint density at radius 1 is 1.14 bits per heavy atom. The fraction of sp³-hybridized carbons (Fsp3) is 0.647. The molecule has 1 fully saturated rings. The second-order valence-electron chi connectivity index (χ2n) is 6.50. The largest absolute Gasteiger partial charge is 0.454 e. The van der Waals surface area contributed by atoms with E-state index in [1.54, 1.807) is 0 Å². The predicted octanol–water partition coefficient (Wildman–Crippen LogP) is 3.56. The maximum atomic E-state index is 5.58. The summed E-state index contributed by atoms with van der Waals surface area (Å²) < 4.78 is 12.2. The number of hydrogen-bond acceptors (Lipinski definition) is 4. The van der Waals surface area contributed by atoms with Gasteiger partial charge < -0.3 is 14.8 Å². The summed E-state index contributed by atoms with van der Waals surface area (Å²) in [6.07, 6.45) is 2.41. The first-order valence-electron chi connectivity index (χ1n) is 8.19. The Balaban J connectivity index is 1.87. The summed E-state index contributed by atoms with van der Waals surface area (Å²) in [5, 5.41) is 3.44. The van der Waals surface area contributed by atoms with Gasteiger partial charge in [0.1, 0.15) is 0 Å². The molecular formula is C17H25BrN2O2. The Morgan fingerprint density at radius 3 is 2.50 bits per heavy atom. The van der Waals surface area contributed by atoms with Crippen molar-refractivity contribution in [2.45, 2.75) is 32.7 Å². The third-order valence-corrected chi connectivity index (χ3v) is 5.15. The highest BCUT2D eigenvalue weighted by Gasteiger charge is 2.26. The van der Waals surface area contributed by atoms with E-state index in [1.807, 2.05) is 0 Å². The minimum Gasteiger partial charge on any atom is -0.454 e. The summed E-state index contributed by atoms with van der Waals surface area (Å²) in [6, 6.07) is 4.66. The van der Waals surface area contributed by atoms with Crippen molar-refractivity contribution in [2.24, 2.45) is 5.92 Å². The van der Waals surface area contributed by atoms with Crippen LogP contribution in [0.5, 0.6) is 11.5 Å². The highest BCUT2D eigenvalue weighted by atomic mass is 79.9. The van der Waals surface area contributed by atoms with Gasteiger partial charge in [0.05, 0.1) is 0 Å². The van der Waals surface area contributed by atoms with Gasteiger partial charge >= 0.3 is 0 Å². The van der Waals surface area contributed by atoms with Gasteiger partial charge in [0.2, 0.25) is 6.79 Å². The van der Waals surface area contributed by atoms with E-state index in [9.17, 15) is 0 Å². The lowest BCUT2D eigenvalue weighted by Crippen LogP contribution is -2.45. The first-order valence-corrected chi connectivity index (χ1v) is 8.98. The van der Waals surface area contributed by atoms with Gasteiger partial charge in [-0.25, -0.2) is 0 Å². The average Bonchev–Trinajstić information content (AvgIpc) is 2.95. The third kappa shape index (κ3) is 3.58. The zero-order valence-electron chi connectivity index (χ0n) is 13.4. The summed E-state index contributed by atoms with van der Waals surface area (Å²) in [5.74, 6) is 2.44. The molecule has 0 aromatic heterocycles. The highest BCUT2D eigenvalue weighted by Crippen LogP contribution is 2.41. The lowest BCUT2D eigenvalue weighted by atomic mass is 9.95. The van der Waals surface area contributed by atoms with Gasteiger partial charge in [0, 0.05) is 36.7 Å². The van der Waals surface area contributed by atoms with Crippen molar-refractivity contribution < 1.29 is 9.47 Å². The Labute approximate surface area is 141 Å². The first-order chi connectivity index (χ1) is 10.6. The number of nitrogens with one attached hydrogen (secondary N) is 1. The Morgan fingerprint density at radius 2 is 1.82 bits per heavy atom. The van der Waals surface area contributed by atoms with Gasteiger partial charge in [-0.15, -0.1) is 0 Å². The van der Waals surface area contributed by atoms with E-state index < -0.39 is 0 Å².